The van der Waals surface area contributed by atoms with Crippen LogP contribution in [0.2, 0.25) is 0 Å². The molecule has 0 saturated carbocycles. The number of methoxy groups -OCH3 is 1. The summed E-state index contributed by atoms with van der Waals surface area (Å²) in [6, 6.07) is 11.0. The second-order valence-electron chi connectivity index (χ2n) is 5.23. The number of anilines is 1. The molecule has 25 heavy (non-hydrogen) atoms. The highest BCUT2D eigenvalue weighted by atomic mass is 19.3. The maximum absolute atomic E-state index is 13.2. The number of ether oxygens (including phenoxy) is 2. The molecule has 7 heteroatoms. The third-order valence-corrected chi connectivity index (χ3v) is 3.67. The summed E-state index contributed by atoms with van der Waals surface area (Å²) in [6.07, 6.45) is -2.99. The summed E-state index contributed by atoms with van der Waals surface area (Å²) in [6.45, 7) is 1.78. The van der Waals surface area contributed by atoms with Gasteiger partial charge in [0.15, 0.2) is 0 Å². The fourth-order valence-corrected chi connectivity index (χ4v) is 2.30. The van der Waals surface area contributed by atoms with E-state index >= 15 is 0 Å². The van der Waals surface area contributed by atoms with E-state index in [1.165, 1.54) is 18.2 Å². The molecule has 0 atom stereocenters. The summed E-state index contributed by atoms with van der Waals surface area (Å²) in [5.41, 5.74) is 1.19. The molecule has 0 aliphatic heterocycles. The van der Waals surface area contributed by atoms with Crippen molar-refractivity contribution >= 4 is 11.8 Å². The van der Waals surface area contributed by atoms with E-state index in [-0.39, 0.29) is 23.6 Å². The number of carbonyl (C=O) groups excluding carboxylic acids is 1. The van der Waals surface area contributed by atoms with Gasteiger partial charge in [-0.2, -0.15) is 5.06 Å². The quantitative estimate of drug-likeness (QED) is 0.604. The largest absolute Gasteiger partial charge is 0.488 e. The fourth-order valence-electron chi connectivity index (χ4n) is 2.30. The Hall–Kier alpha value is -2.67. The molecule has 0 aliphatic carbocycles. The smallest absolute Gasteiger partial charge is 0.438 e. The molecular formula is C18H19F2NO4. The number of para-hydroxylation sites is 1. The minimum Gasteiger partial charge on any atom is -0.488 e. The minimum atomic E-state index is -2.67. The standard InChI is InChI=1S/C18H19F2NO4/c1-3-12-8-9-16(14(10-12)17(19)20)25-11-13-6-4-5-7-15(13)21(23)18(22)24-2/h4-10,17,23H,3,11H2,1-2H3. The number of aryl methyl sites for hydroxylation is 1. The number of hydroxylamine groups is 1. The number of benzene rings is 2. The number of hydrogen-bond donors (Lipinski definition) is 1. The van der Waals surface area contributed by atoms with Crippen LogP contribution in [0.15, 0.2) is 42.5 Å². The van der Waals surface area contributed by atoms with E-state index in [1.807, 2.05) is 6.92 Å². The molecule has 0 spiro atoms. The normalized spacial score (nSPS) is 10.6. The zero-order chi connectivity index (χ0) is 18.4. The van der Waals surface area contributed by atoms with Gasteiger partial charge in [0.2, 0.25) is 0 Å². The number of carbonyl (C=O) groups is 1. The van der Waals surface area contributed by atoms with Gasteiger partial charge in [-0.15, -0.1) is 0 Å². The Morgan fingerprint density at radius 1 is 1.24 bits per heavy atom. The molecule has 1 N–H and O–H groups in total. The SMILES string of the molecule is CCc1ccc(OCc2ccccc2N(O)C(=O)OC)c(C(F)F)c1. The Balaban J connectivity index is 2.24. The van der Waals surface area contributed by atoms with Crippen LogP contribution in [0, 0.1) is 0 Å². The van der Waals surface area contributed by atoms with Crippen molar-refractivity contribution in [1.82, 2.24) is 0 Å². The number of alkyl halides is 2. The highest BCUT2D eigenvalue weighted by Gasteiger charge is 2.19. The molecule has 0 bridgehead atoms. The fraction of sp³-hybridized carbons (Fsp3) is 0.278. The predicted molar refractivity (Wildman–Crippen MR) is 88.2 cm³/mol. The molecule has 1 amide bonds. The van der Waals surface area contributed by atoms with Gasteiger partial charge in [-0.25, -0.2) is 13.6 Å². The Kier molecular flexibility index (Phi) is 6.30. The minimum absolute atomic E-state index is 0.0598. The first-order valence-electron chi connectivity index (χ1n) is 7.66. The van der Waals surface area contributed by atoms with E-state index in [1.54, 1.807) is 24.3 Å². The van der Waals surface area contributed by atoms with Crippen LogP contribution in [0.25, 0.3) is 0 Å². The number of amides is 1. The molecule has 2 aromatic rings. The van der Waals surface area contributed by atoms with Crippen LogP contribution in [-0.4, -0.2) is 18.4 Å². The average molecular weight is 351 g/mol. The average Bonchev–Trinajstić information content (AvgIpc) is 2.65. The predicted octanol–water partition coefficient (Wildman–Crippen LogP) is 4.73. The van der Waals surface area contributed by atoms with Gasteiger partial charge < -0.3 is 9.47 Å². The lowest BCUT2D eigenvalue weighted by molar-refractivity contribution is 0.140. The van der Waals surface area contributed by atoms with E-state index in [0.717, 1.165) is 12.7 Å². The maximum atomic E-state index is 13.2. The Morgan fingerprint density at radius 3 is 2.60 bits per heavy atom. The zero-order valence-corrected chi connectivity index (χ0v) is 13.9. The Labute approximate surface area is 144 Å². The molecular weight excluding hydrogens is 332 g/mol. The molecule has 2 rings (SSSR count). The summed E-state index contributed by atoms with van der Waals surface area (Å²) in [4.78, 5) is 11.5. The van der Waals surface area contributed by atoms with Crippen molar-refractivity contribution in [2.45, 2.75) is 26.4 Å². The summed E-state index contributed by atoms with van der Waals surface area (Å²) in [7, 11) is 1.13. The topological polar surface area (TPSA) is 59.0 Å². The van der Waals surface area contributed by atoms with Crippen LogP contribution in [0.3, 0.4) is 0 Å². The highest BCUT2D eigenvalue weighted by Crippen LogP contribution is 2.31. The van der Waals surface area contributed by atoms with Crippen molar-refractivity contribution in [2.24, 2.45) is 0 Å². The molecule has 2 aromatic carbocycles. The van der Waals surface area contributed by atoms with E-state index < -0.39 is 12.5 Å². The third kappa shape index (κ3) is 4.45. The van der Waals surface area contributed by atoms with Crippen molar-refractivity contribution in [3.8, 4) is 5.75 Å². The van der Waals surface area contributed by atoms with Gasteiger partial charge in [0, 0.05) is 5.56 Å². The zero-order valence-electron chi connectivity index (χ0n) is 13.9. The first-order chi connectivity index (χ1) is 12.0. The molecule has 0 aliphatic rings. The van der Waals surface area contributed by atoms with Crippen molar-refractivity contribution in [1.29, 1.82) is 0 Å². The Bertz CT molecular complexity index is 737. The van der Waals surface area contributed by atoms with Crippen LogP contribution in [0.5, 0.6) is 5.75 Å². The first-order valence-corrected chi connectivity index (χ1v) is 7.66. The lowest BCUT2D eigenvalue weighted by Gasteiger charge is -2.18. The van der Waals surface area contributed by atoms with Crippen molar-refractivity contribution in [2.75, 3.05) is 12.2 Å². The van der Waals surface area contributed by atoms with Crippen LogP contribution >= 0.6 is 0 Å². The van der Waals surface area contributed by atoms with Crippen LogP contribution in [0.4, 0.5) is 19.3 Å². The summed E-state index contributed by atoms with van der Waals surface area (Å²) in [5.74, 6) is 0.0598. The molecule has 134 valence electrons. The molecule has 0 fully saturated rings. The third-order valence-electron chi connectivity index (χ3n) is 3.67. The van der Waals surface area contributed by atoms with Gasteiger partial charge in [-0.3, -0.25) is 5.21 Å². The van der Waals surface area contributed by atoms with E-state index in [9.17, 15) is 18.8 Å². The molecule has 0 unspecified atom stereocenters. The molecule has 0 aromatic heterocycles. The number of rotatable bonds is 6. The van der Waals surface area contributed by atoms with Gasteiger partial charge in [0.25, 0.3) is 6.43 Å². The van der Waals surface area contributed by atoms with Gasteiger partial charge >= 0.3 is 6.09 Å². The lowest BCUT2D eigenvalue weighted by Crippen LogP contribution is -2.27. The van der Waals surface area contributed by atoms with Gasteiger partial charge in [0.05, 0.1) is 18.4 Å². The first kappa shape index (κ1) is 18.7. The van der Waals surface area contributed by atoms with E-state index in [0.29, 0.717) is 17.0 Å². The van der Waals surface area contributed by atoms with Crippen LogP contribution in [-0.2, 0) is 17.8 Å². The number of nitrogens with zero attached hydrogens (tertiary/aromatic N) is 1. The van der Waals surface area contributed by atoms with Gasteiger partial charge in [0.1, 0.15) is 12.4 Å². The molecule has 0 saturated heterocycles. The van der Waals surface area contributed by atoms with Gasteiger partial charge in [-0.05, 0) is 30.2 Å². The van der Waals surface area contributed by atoms with E-state index in [4.69, 9.17) is 4.74 Å². The monoisotopic (exact) mass is 351 g/mol. The Morgan fingerprint density at radius 2 is 1.96 bits per heavy atom. The second-order valence-corrected chi connectivity index (χ2v) is 5.23. The van der Waals surface area contributed by atoms with E-state index in [2.05, 4.69) is 4.74 Å². The lowest BCUT2D eigenvalue weighted by atomic mass is 10.1. The summed E-state index contributed by atoms with van der Waals surface area (Å²) < 4.78 is 36.5. The maximum Gasteiger partial charge on any atom is 0.438 e. The van der Waals surface area contributed by atoms with Crippen molar-refractivity contribution in [3.05, 3.63) is 59.2 Å². The van der Waals surface area contributed by atoms with Crippen molar-refractivity contribution < 1.29 is 28.3 Å². The summed E-state index contributed by atoms with van der Waals surface area (Å²) in [5, 5.41) is 10.2. The molecule has 0 heterocycles. The van der Waals surface area contributed by atoms with Crippen molar-refractivity contribution in [3.63, 3.8) is 0 Å². The van der Waals surface area contributed by atoms with Crippen LogP contribution in [0.1, 0.15) is 30.0 Å². The highest BCUT2D eigenvalue weighted by molar-refractivity contribution is 5.85. The number of halogens is 2. The van der Waals surface area contributed by atoms with Gasteiger partial charge in [-0.1, -0.05) is 31.2 Å². The summed E-state index contributed by atoms with van der Waals surface area (Å²) >= 11 is 0. The molecule has 0 radical (unpaired) electrons. The number of hydrogen-bond acceptors (Lipinski definition) is 4. The second kappa shape index (κ2) is 8.43. The van der Waals surface area contributed by atoms with Crippen LogP contribution < -0.4 is 9.80 Å². The molecule has 5 nitrogen and oxygen atoms in total.